The zero-order chi connectivity index (χ0) is 24.0. The molecule has 8 heteroatoms. The van der Waals surface area contributed by atoms with Crippen LogP contribution in [0.5, 0.6) is 11.5 Å². The summed E-state index contributed by atoms with van der Waals surface area (Å²) in [6, 6.07) is 17.9. The van der Waals surface area contributed by atoms with E-state index in [1.165, 1.54) is 13.2 Å². The largest absolute Gasteiger partial charge is 0.493 e. The topological polar surface area (TPSA) is 71.3 Å². The lowest BCUT2D eigenvalue weighted by atomic mass is 10.1. The van der Waals surface area contributed by atoms with Crippen LogP contribution < -0.4 is 14.8 Å². The molecule has 0 bridgehead atoms. The Bertz CT molecular complexity index is 1250. The summed E-state index contributed by atoms with van der Waals surface area (Å²) < 4.78 is 11.3. The van der Waals surface area contributed by atoms with Crippen molar-refractivity contribution in [2.24, 2.45) is 0 Å². The summed E-state index contributed by atoms with van der Waals surface area (Å²) in [7, 11) is 1.48. The summed E-state index contributed by atoms with van der Waals surface area (Å²) in [6.07, 6.45) is 1.39. The minimum Gasteiger partial charge on any atom is -0.493 e. The van der Waals surface area contributed by atoms with Crippen LogP contribution in [0.1, 0.15) is 16.7 Å². The number of aryl methyl sites for hydroxylation is 1. The number of rotatable bonds is 7. The fourth-order valence-electron chi connectivity index (χ4n) is 2.91. The van der Waals surface area contributed by atoms with Gasteiger partial charge < -0.3 is 14.8 Å². The van der Waals surface area contributed by atoms with E-state index in [2.05, 4.69) is 5.32 Å². The van der Waals surface area contributed by atoms with Gasteiger partial charge >= 0.3 is 0 Å². The van der Waals surface area contributed by atoms with Gasteiger partial charge in [-0.25, -0.2) is 0 Å². The molecule has 0 unspecified atom stereocenters. The zero-order valence-electron chi connectivity index (χ0n) is 17.8. The molecule has 3 aromatic rings. The number of nitriles is 1. The van der Waals surface area contributed by atoms with Gasteiger partial charge in [-0.05, 0) is 48.4 Å². The van der Waals surface area contributed by atoms with Crippen LogP contribution in [0, 0.1) is 18.3 Å². The third-order valence-electron chi connectivity index (χ3n) is 4.63. The summed E-state index contributed by atoms with van der Waals surface area (Å²) in [5, 5.41) is 12.8. The number of nitrogens with zero attached hydrogens (tertiary/aromatic N) is 1. The minimum atomic E-state index is -0.642. The monoisotopic (exact) mass is 500 g/mol. The number of methoxy groups -OCH3 is 1. The Morgan fingerprint density at radius 3 is 2.48 bits per heavy atom. The van der Waals surface area contributed by atoms with E-state index in [1.54, 1.807) is 30.3 Å². The third kappa shape index (κ3) is 6.21. The fourth-order valence-corrected chi connectivity index (χ4v) is 3.53. The van der Waals surface area contributed by atoms with Gasteiger partial charge in [-0.1, -0.05) is 70.7 Å². The van der Waals surface area contributed by atoms with Gasteiger partial charge in [0.15, 0.2) is 11.5 Å². The van der Waals surface area contributed by atoms with E-state index in [-0.39, 0.29) is 20.6 Å². The highest BCUT2D eigenvalue weighted by Gasteiger charge is 2.16. The first-order chi connectivity index (χ1) is 15.8. The van der Waals surface area contributed by atoms with Crippen molar-refractivity contribution in [3.63, 3.8) is 0 Å². The molecular formula is C25H19Cl3N2O3. The van der Waals surface area contributed by atoms with E-state index in [0.717, 1.165) is 11.1 Å². The second-order valence-corrected chi connectivity index (χ2v) is 8.23. The average Bonchev–Trinajstić information content (AvgIpc) is 2.80. The van der Waals surface area contributed by atoms with Gasteiger partial charge in [0.05, 0.1) is 27.9 Å². The van der Waals surface area contributed by atoms with Crippen molar-refractivity contribution in [3.8, 4) is 17.6 Å². The number of hydrogen-bond acceptors (Lipinski definition) is 4. The number of anilines is 1. The van der Waals surface area contributed by atoms with E-state index in [9.17, 15) is 10.1 Å². The van der Waals surface area contributed by atoms with Crippen LogP contribution in [0.15, 0.2) is 60.2 Å². The molecule has 0 aliphatic carbocycles. The molecule has 0 saturated heterocycles. The summed E-state index contributed by atoms with van der Waals surface area (Å²) in [4.78, 5) is 12.6. The first-order valence-electron chi connectivity index (χ1n) is 9.75. The molecule has 0 aromatic heterocycles. The molecule has 33 heavy (non-hydrogen) atoms. The predicted molar refractivity (Wildman–Crippen MR) is 132 cm³/mol. The lowest BCUT2D eigenvalue weighted by Gasteiger charge is -2.14. The molecule has 0 radical (unpaired) electrons. The maximum atomic E-state index is 12.6. The maximum absolute atomic E-state index is 12.6. The minimum absolute atomic E-state index is 0.155. The average molecular weight is 502 g/mol. The van der Waals surface area contributed by atoms with Gasteiger partial charge in [-0.3, -0.25) is 4.79 Å². The van der Waals surface area contributed by atoms with Crippen molar-refractivity contribution in [2.75, 3.05) is 12.4 Å². The Labute approximate surface area is 207 Å². The summed E-state index contributed by atoms with van der Waals surface area (Å²) in [5.74, 6) is 0.0958. The lowest BCUT2D eigenvalue weighted by Crippen LogP contribution is -2.13. The molecule has 0 fully saturated rings. The molecule has 5 nitrogen and oxygen atoms in total. The standard InChI is InChI=1S/C25H19Cl3N2O3/c1-15-6-8-16(9-7-15)14-33-24-20(27)11-17(12-22(24)32-2)10-18(13-29)25(31)30-21-5-3-4-19(26)23(21)28/h3-12H,14H2,1-2H3,(H,30,31)/b18-10-. The smallest absolute Gasteiger partial charge is 0.266 e. The van der Waals surface area contributed by atoms with Gasteiger partial charge in [0.1, 0.15) is 18.2 Å². The molecule has 168 valence electrons. The highest BCUT2D eigenvalue weighted by Crippen LogP contribution is 2.37. The Morgan fingerprint density at radius 2 is 1.82 bits per heavy atom. The number of ether oxygens (including phenoxy) is 2. The van der Waals surface area contributed by atoms with Crippen molar-refractivity contribution in [1.29, 1.82) is 5.26 Å². The molecule has 0 heterocycles. The second kappa shape index (κ2) is 11.1. The quantitative estimate of drug-likeness (QED) is 0.277. The van der Waals surface area contributed by atoms with Gasteiger partial charge in [-0.15, -0.1) is 0 Å². The van der Waals surface area contributed by atoms with Crippen molar-refractivity contribution in [1.82, 2.24) is 0 Å². The van der Waals surface area contributed by atoms with Crippen molar-refractivity contribution in [2.45, 2.75) is 13.5 Å². The zero-order valence-corrected chi connectivity index (χ0v) is 20.1. The molecule has 0 atom stereocenters. The molecule has 3 aromatic carbocycles. The van der Waals surface area contributed by atoms with E-state index in [4.69, 9.17) is 44.3 Å². The van der Waals surface area contributed by atoms with Crippen LogP contribution in [0.3, 0.4) is 0 Å². The Balaban J connectivity index is 1.83. The highest BCUT2D eigenvalue weighted by atomic mass is 35.5. The molecule has 0 aliphatic rings. The highest BCUT2D eigenvalue weighted by molar-refractivity contribution is 6.44. The van der Waals surface area contributed by atoms with E-state index in [0.29, 0.717) is 29.4 Å². The number of halogens is 3. The number of carbonyl (C=O) groups excluding carboxylic acids is 1. The number of hydrogen-bond donors (Lipinski definition) is 1. The van der Waals surface area contributed by atoms with Gasteiger partial charge in [0.2, 0.25) is 0 Å². The van der Waals surface area contributed by atoms with Crippen LogP contribution in [0.2, 0.25) is 15.1 Å². The first kappa shape index (κ1) is 24.5. The molecular weight excluding hydrogens is 483 g/mol. The van der Waals surface area contributed by atoms with Crippen LogP contribution in [0.4, 0.5) is 5.69 Å². The van der Waals surface area contributed by atoms with Crippen LogP contribution >= 0.6 is 34.8 Å². The number of carbonyl (C=O) groups is 1. The summed E-state index contributed by atoms with van der Waals surface area (Å²) in [6.45, 7) is 2.31. The Morgan fingerprint density at radius 1 is 1.09 bits per heavy atom. The number of amides is 1. The van der Waals surface area contributed by atoms with Gasteiger partial charge in [0, 0.05) is 0 Å². The van der Waals surface area contributed by atoms with Crippen LogP contribution in [0.25, 0.3) is 6.08 Å². The van der Waals surface area contributed by atoms with E-state index in [1.807, 2.05) is 37.3 Å². The van der Waals surface area contributed by atoms with Gasteiger partial charge in [0.25, 0.3) is 5.91 Å². The normalized spacial score (nSPS) is 11.0. The fraction of sp³-hybridized carbons (Fsp3) is 0.120. The van der Waals surface area contributed by atoms with Gasteiger partial charge in [-0.2, -0.15) is 5.26 Å². The van der Waals surface area contributed by atoms with Crippen molar-refractivity contribution < 1.29 is 14.3 Å². The van der Waals surface area contributed by atoms with Crippen molar-refractivity contribution >= 4 is 52.5 Å². The first-order valence-corrected chi connectivity index (χ1v) is 10.9. The molecule has 0 spiro atoms. The van der Waals surface area contributed by atoms with Crippen LogP contribution in [-0.2, 0) is 11.4 Å². The number of nitrogens with one attached hydrogen (secondary N) is 1. The third-order valence-corrected chi connectivity index (χ3v) is 5.73. The molecule has 1 N–H and O–H groups in total. The summed E-state index contributed by atoms with van der Waals surface area (Å²) >= 11 is 18.5. The van der Waals surface area contributed by atoms with Crippen LogP contribution in [-0.4, -0.2) is 13.0 Å². The Kier molecular flexibility index (Phi) is 8.24. The van der Waals surface area contributed by atoms with Crippen molar-refractivity contribution in [3.05, 3.63) is 91.9 Å². The summed E-state index contributed by atoms with van der Waals surface area (Å²) in [5.41, 5.74) is 2.76. The van der Waals surface area contributed by atoms with E-state index >= 15 is 0 Å². The second-order valence-electron chi connectivity index (χ2n) is 7.03. The predicted octanol–water partition coefficient (Wildman–Crippen LogP) is 7.09. The molecule has 3 rings (SSSR count). The SMILES string of the molecule is COc1cc(/C=C(/C#N)C(=O)Nc2cccc(Cl)c2Cl)cc(Cl)c1OCc1ccc(C)cc1. The number of benzene rings is 3. The molecule has 1 amide bonds. The van der Waals surface area contributed by atoms with E-state index < -0.39 is 5.91 Å². The molecule has 0 aliphatic heterocycles. The maximum Gasteiger partial charge on any atom is 0.266 e. The Hall–Kier alpha value is -3.17. The molecule has 0 saturated carbocycles. The lowest BCUT2D eigenvalue weighted by molar-refractivity contribution is -0.112.